The minimum absolute atomic E-state index is 0.172. The third-order valence-corrected chi connectivity index (χ3v) is 5.38. The molecule has 2 atom stereocenters. The average Bonchev–Trinajstić information content (AvgIpc) is 3.21. The lowest BCUT2D eigenvalue weighted by Gasteiger charge is -2.36. The first-order valence-electron chi connectivity index (χ1n) is 10.9. The number of carbonyl (C=O) groups is 1. The number of nitrogens with one attached hydrogen (secondary N) is 1. The lowest BCUT2D eigenvalue weighted by atomic mass is 10.2. The summed E-state index contributed by atoms with van der Waals surface area (Å²) in [5, 5.41) is 7.32. The first kappa shape index (κ1) is 21.8. The third kappa shape index (κ3) is 5.64. The molecule has 0 aliphatic carbocycles. The van der Waals surface area contributed by atoms with Crippen LogP contribution < -0.4 is 10.2 Å². The minimum Gasteiger partial charge on any atom is -0.372 e. The number of amides is 2. The number of ether oxygens (including phenoxy) is 1. The van der Waals surface area contributed by atoms with Crippen molar-refractivity contribution < 1.29 is 9.53 Å². The van der Waals surface area contributed by atoms with Crippen molar-refractivity contribution in [2.45, 2.75) is 39.1 Å². The van der Waals surface area contributed by atoms with Crippen LogP contribution in [-0.2, 0) is 17.8 Å². The van der Waals surface area contributed by atoms with Crippen LogP contribution in [0.2, 0.25) is 0 Å². The summed E-state index contributed by atoms with van der Waals surface area (Å²) in [6, 6.07) is 13.8. The number of hydrogen-bond acceptors (Lipinski definition) is 5. The van der Waals surface area contributed by atoms with Gasteiger partial charge in [0.15, 0.2) is 0 Å². The van der Waals surface area contributed by atoms with Gasteiger partial charge in [-0.3, -0.25) is 4.68 Å². The van der Waals surface area contributed by atoms with Crippen molar-refractivity contribution in [1.82, 2.24) is 19.7 Å². The number of pyridine rings is 1. The zero-order chi connectivity index (χ0) is 22.5. The molecule has 1 fully saturated rings. The zero-order valence-electron chi connectivity index (χ0n) is 18.8. The van der Waals surface area contributed by atoms with Gasteiger partial charge in [0.1, 0.15) is 5.82 Å². The van der Waals surface area contributed by atoms with Gasteiger partial charge in [0.2, 0.25) is 0 Å². The van der Waals surface area contributed by atoms with E-state index in [2.05, 4.69) is 46.3 Å². The van der Waals surface area contributed by atoms with Gasteiger partial charge in [-0.05, 0) is 31.5 Å². The molecular weight excluding hydrogens is 404 g/mol. The fraction of sp³-hybridized carbons (Fsp3) is 0.375. The summed E-state index contributed by atoms with van der Waals surface area (Å²) in [7, 11) is 1.77. The fourth-order valence-corrected chi connectivity index (χ4v) is 3.92. The van der Waals surface area contributed by atoms with Crippen molar-refractivity contribution >= 4 is 17.5 Å². The highest BCUT2D eigenvalue weighted by Crippen LogP contribution is 2.20. The Morgan fingerprint density at radius 1 is 1.09 bits per heavy atom. The number of rotatable bonds is 6. The number of nitrogens with zero attached hydrogens (tertiary/aromatic N) is 5. The van der Waals surface area contributed by atoms with E-state index in [0.717, 1.165) is 24.5 Å². The summed E-state index contributed by atoms with van der Waals surface area (Å²) < 4.78 is 7.66. The predicted molar refractivity (Wildman–Crippen MR) is 125 cm³/mol. The number of benzene rings is 1. The van der Waals surface area contributed by atoms with E-state index in [1.807, 2.05) is 41.2 Å². The minimum atomic E-state index is -0.191. The second kappa shape index (κ2) is 9.82. The van der Waals surface area contributed by atoms with E-state index in [0.29, 0.717) is 18.8 Å². The summed E-state index contributed by atoms with van der Waals surface area (Å²) in [4.78, 5) is 21.0. The fourth-order valence-electron chi connectivity index (χ4n) is 3.92. The molecule has 0 unspecified atom stereocenters. The Balaban J connectivity index is 1.30. The molecule has 4 rings (SSSR count). The normalized spacial score (nSPS) is 18.4. The van der Waals surface area contributed by atoms with Gasteiger partial charge in [0.05, 0.1) is 43.4 Å². The molecule has 8 heteroatoms. The van der Waals surface area contributed by atoms with Gasteiger partial charge in [-0.15, -0.1) is 0 Å². The van der Waals surface area contributed by atoms with Crippen LogP contribution >= 0.6 is 0 Å². The van der Waals surface area contributed by atoms with Crippen LogP contribution in [0.15, 0.2) is 61.1 Å². The van der Waals surface area contributed by atoms with Gasteiger partial charge >= 0.3 is 6.03 Å². The first-order chi connectivity index (χ1) is 15.5. The van der Waals surface area contributed by atoms with Crippen LogP contribution in [0.3, 0.4) is 0 Å². The van der Waals surface area contributed by atoms with Crippen LogP contribution in [0.5, 0.6) is 0 Å². The Labute approximate surface area is 188 Å². The molecule has 2 amide bonds. The molecule has 0 radical (unpaired) electrons. The van der Waals surface area contributed by atoms with E-state index >= 15 is 0 Å². The highest BCUT2D eigenvalue weighted by Gasteiger charge is 2.23. The monoisotopic (exact) mass is 434 g/mol. The molecule has 32 heavy (non-hydrogen) atoms. The van der Waals surface area contributed by atoms with Crippen LogP contribution in [0.4, 0.5) is 16.3 Å². The molecule has 8 nitrogen and oxygen atoms in total. The summed E-state index contributed by atoms with van der Waals surface area (Å²) >= 11 is 0. The van der Waals surface area contributed by atoms with Gasteiger partial charge in [-0.2, -0.15) is 5.10 Å². The molecule has 1 saturated heterocycles. The molecule has 3 heterocycles. The zero-order valence-corrected chi connectivity index (χ0v) is 18.8. The smallest absolute Gasteiger partial charge is 0.321 e. The Bertz CT molecular complexity index is 1010. The number of morpholine rings is 1. The molecule has 1 N–H and O–H groups in total. The maximum Gasteiger partial charge on any atom is 0.321 e. The molecule has 1 aromatic carbocycles. The topological polar surface area (TPSA) is 75.5 Å². The van der Waals surface area contributed by atoms with E-state index < -0.39 is 0 Å². The Morgan fingerprint density at radius 3 is 2.53 bits per heavy atom. The van der Waals surface area contributed by atoms with E-state index in [1.165, 1.54) is 5.56 Å². The molecular formula is C24H30N6O2. The van der Waals surface area contributed by atoms with Gasteiger partial charge in [0.25, 0.3) is 0 Å². The number of anilines is 2. The quantitative estimate of drug-likeness (QED) is 0.642. The molecule has 0 bridgehead atoms. The van der Waals surface area contributed by atoms with Crippen molar-refractivity contribution in [3.63, 3.8) is 0 Å². The van der Waals surface area contributed by atoms with Crippen molar-refractivity contribution in [3.8, 4) is 0 Å². The Morgan fingerprint density at radius 2 is 1.84 bits per heavy atom. The predicted octanol–water partition coefficient (Wildman–Crippen LogP) is 3.60. The van der Waals surface area contributed by atoms with Gasteiger partial charge in [-0.25, -0.2) is 9.78 Å². The summed E-state index contributed by atoms with van der Waals surface area (Å²) in [6.07, 6.45) is 5.81. The standard InChI is InChI=1S/C24H30N6O2/c1-18-13-29(14-19(2)32-18)23-10-9-22(12-25-23)27-24(31)28(3)15-21-11-26-30(17-21)16-20-7-5-4-6-8-20/h4-12,17-19H,13-16H2,1-3H3,(H,27,31)/t18-,19-/m0/s1. The van der Waals surface area contributed by atoms with Crippen molar-refractivity contribution in [2.24, 2.45) is 0 Å². The van der Waals surface area contributed by atoms with Crippen LogP contribution in [0.25, 0.3) is 0 Å². The molecule has 1 aliphatic heterocycles. The van der Waals surface area contributed by atoms with Gasteiger partial charge < -0.3 is 19.9 Å². The molecule has 1 aliphatic rings. The SMILES string of the molecule is C[C@H]1CN(c2ccc(NC(=O)N(C)Cc3cnn(Cc4ccccc4)c3)cn2)C[C@H](C)O1. The highest BCUT2D eigenvalue weighted by atomic mass is 16.5. The second-order valence-electron chi connectivity index (χ2n) is 8.39. The average molecular weight is 435 g/mol. The lowest BCUT2D eigenvalue weighted by Crippen LogP contribution is -2.45. The lowest BCUT2D eigenvalue weighted by molar-refractivity contribution is -0.00545. The molecule has 168 valence electrons. The van der Waals surface area contributed by atoms with E-state index in [9.17, 15) is 4.79 Å². The van der Waals surface area contributed by atoms with Crippen LogP contribution in [0.1, 0.15) is 25.0 Å². The number of carbonyl (C=O) groups excluding carboxylic acids is 1. The Kier molecular flexibility index (Phi) is 6.70. The number of urea groups is 1. The first-order valence-corrected chi connectivity index (χ1v) is 10.9. The van der Waals surface area contributed by atoms with Crippen molar-refractivity contribution in [2.75, 3.05) is 30.4 Å². The molecule has 2 aromatic heterocycles. The van der Waals surface area contributed by atoms with Gasteiger partial charge in [0, 0.05) is 31.9 Å². The molecule has 0 spiro atoms. The van der Waals surface area contributed by atoms with Crippen molar-refractivity contribution in [1.29, 1.82) is 0 Å². The maximum atomic E-state index is 12.6. The number of hydrogen-bond donors (Lipinski definition) is 1. The maximum absolute atomic E-state index is 12.6. The van der Waals surface area contributed by atoms with E-state index in [4.69, 9.17) is 4.74 Å². The molecule has 3 aromatic rings. The summed E-state index contributed by atoms with van der Waals surface area (Å²) in [5.74, 6) is 0.893. The highest BCUT2D eigenvalue weighted by molar-refractivity contribution is 5.89. The second-order valence-corrected chi connectivity index (χ2v) is 8.39. The largest absolute Gasteiger partial charge is 0.372 e. The van der Waals surface area contributed by atoms with Crippen molar-refractivity contribution in [3.05, 3.63) is 72.2 Å². The summed E-state index contributed by atoms with van der Waals surface area (Å²) in [5.41, 5.74) is 2.83. The van der Waals surface area contributed by atoms with Crippen LogP contribution in [0, 0.1) is 0 Å². The van der Waals surface area contributed by atoms with E-state index in [1.54, 1.807) is 24.3 Å². The summed E-state index contributed by atoms with van der Waals surface area (Å²) in [6.45, 7) is 6.93. The van der Waals surface area contributed by atoms with E-state index in [-0.39, 0.29) is 18.2 Å². The Hall–Kier alpha value is -3.39. The number of aromatic nitrogens is 3. The van der Waals surface area contributed by atoms with Gasteiger partial charge in [-0.1, -0.05) is 30.3 Å². The third-order valence-electron chi connectivity index (χ3n) is 5.38. The molecule has 0 saturated carbocycles. The van der Waals surface area contributed by atoms with Crippen LogP contribution in [-0.4, -0.2) is 58.0 Å².